The van der Waals surface area contributed by atoms with E-state index in [-0.39, 0.29) is 29.8 Å². The van der Waals surface area contributed by atoms with E-state index in [4.69, 9.17) is 4.74 Å². The number of benzene rings is 2. The second-order valence-corrected chi connectivity index (χ2v) is 5.55. The van der Waals surface area contributed by atoms with Crippen molar-refractivity contribution in [3.63, 3.8) is 0 Å². The van der Waals surface area contributed by atoms with Gasteiger partial charge in [-0.1, -0.05) is 30.3 Å². The van der Waals surface area contributed by atoms with Crippen LogP contribution in [-0.2, 0) is 4.74 Å². The first-order chi connectivity index (χ1) is 11.4. The molecule has 1 atom stereocenters. The van der Waals surface area contributed by atoms with Gasteiger partial charge < -0.3 is 10.1 Å². The topological polar surface area (TPSA) is 81.5 Å². The van der Waals surface area contributed by atoms with Gasteiger partial charge in [0, 0.05) is 30.8 Å². The minimum absolute atomic E-state index is 0.0650. The van der Waals surface area contributed by atoms with Gasteiger partial charge in [0.2, 0.25) is 0 Å². The number of amides is 1. The molecule has 2 rings (SSSR count). The lowest BCUT2D eigenvalue weighted by Gasteiger charge is -2.18. The van der Waals surface area contributed by atoms with Crippen molar-refractivity contribution in [1.29, 1.82) is 0 Å². The Labute approximate surface area is 140 Å². The number of methoxy groups -OCH3 is 1. The van der Waals surface area contributed by atoms with Gasteiger partial charge in [0.25, 0.3) is 11.6 Å². The van der Waals surface area contributed by atoms with Crippen LogP contribution in [0.15, 0.2) is 42.5 Å². The molecule has 126 valence electrons. The molecule has 0 aromatic heterocycles. The molecule has 0 saturated carbocycles. The smallest absolute Gasteiger partial charge is 0.273 e. The molecule has 2 aromatic carbocycles. The number of nitro benzene ring substituents is 1. The molecule has 0 heterocycles. The highest BCUT2D eigenvalue weighted by atomic mass is 16.6. The molecular formula is C18H20N2O4. The molecular weight excluding hydrogens is 308 g/mol. The number of rotatable bonds is 6. The van der Waals surface area contributed by atoms with E-state index in [1.807, 2.05) is 31.2 Å². The minimum Gasteiger partial charge on any atom is -0.375 e. The molecule has 1 N–H and O–H groups in total. The lowest BCUT2D eigenvalue weighted by molar-refractivity contribution is -0.385. The summed E-state index contributed by atoms with van der Waals surface area (Å²) in [5.41, 5.74) is 2.78. The lowest BCUT2D eigenvalue weighted by atomic mass is 10.0. The number of nitrogens with one attached hydrogen (secondary N) is 1. The van der Waals surface area contributed by atoms with E-state index in [2.05, 4.69) is 5.32 Å². The Kier molecular flexibility index (Phi) is 5.65. The number of aryl methyl sites for hydroxylation is 2. The van der Waals surface area contributed by atoms with Gasteiger partial charge in [0.1, 0.15) is 0 Å². The number of carbonyl (C=O) groups excluding carboxylic acids is 1. The Morgan fingerprint density at radius 3 is 2.54 bits per heavy atom. The summed E-state index contributed by atoms with van der Waals surface area (Å²) in [6.07, 6.45) is -0.282. The average molecular weight is 328 g/mol. The van der Waals surface area contributed by atoms with Crippen LogP contribution < -0.4 is 5.32 Å². The Morgan fingerprint density at radius 1 is 1.21 bits per heavy atom. The Morgan fingerprint density at radius 2 is 1.92 bits per heavy atom. The van der Waals surface area contributed by atoms with Crippen LogP contribution in [0.2, 0.25) is 0 Å². The van der Waals surface area contributed by atoms with E-state index in [1.165, 1.54) is 6.07 Å². The molecule has 0 aliphatic heterocycles. The number of nitro groups is 1. The average Bonchev–Trinajstić information content (AvgIpc) is 2.56. The second-order valence-electron chi connectivity index (χ2n) is 5.55. The van der Waals surface area contributed by atoms with Gasteiger partial charge in [0.15, 0.2) is 0 Å². The fourth-order valence-electron chi connectivity index (χ4n) is 2.50. The molecule has 0 aliphatic rings. The highest BCUT2D eigenvalue weighted by Crippen LogP contribution is 2.21. The van der Waals surface area contributed by atoms with Crippen molar-refractivity contribution in [2.75, 3.05) is 13.7 Å². The van der Waals surface area contributed by atoms with Crippen LogP contribution in [0.3, 0.4) is 0 Å². The molecule has 1 unspecified atom stereocenters. The first kappa shape index (κ1) is 17.6. The van der Waals surface area contributed by atoms with Crippen LogP contribution in [-0.4, -0.2) is 24.5 Å². The Bertz CT molecular complexity index is 758. The fraction of sp³-hybridized carbons (Fsp3) is 0.278. The molecule has 0 saturated heterocycles. The molecule has 0 bridgehead atoms. The largest absolute Gasteiger partial charge is 0.375 e. The maximum atomic E-state index is 12.3. The van der Waals surface area contributed by atoms with Crippen molar-refractivity contribution in [3.05, 3.63) is 74.8 Å². The van der Waals surface area contributed by atoms with Gasteiger partial charge in [-0.25, -0.2) is 0 Å². The van der Waals surface area contributed by atoms with E-state index < -0.39 is 4.92 Å². The molecule has 6 nitrogen and oxygen atoms in total. The molecule has 0 spiro atoms. The quantitative estimate of drug-likeness (QED) is 0.651. The van der Waals surface area contributed by atoms with Crippen molar-refractivity contribution >= 4 is 11.6 Å². The number of carbonyl (C=O) groups is 1. The van der Waals surface area contributed by atoms with Gasteiger partial charge in [0.05, 0.1) is 11.0 Å². The zero-order valence-electron chi connectivity index (χ0n) is 13.9. The highest BCUT2D eigenvalue weighted by Gasteiger charge is 2.17. The van der Waals surface area contributed by atoms with Crippen molar-refractivity contribution in [2.24, 2.45) is 0 Å². The van der Waals surface area contributed by atoms with E-state index in [0.717, 1.165) is 11.1 Å². The summed E-state index contributed by atoms with van der Waals surface area (Å²) in [7, 11) is 1.58. The monoisotopic (exact) mass is 328 g/mol. The molecule has 2 aromatic rings. The van der Waals surface area contributed by atoms with Gasteiger partial charge >= 0.3 is 0 Å². The van der Waals surface area contributed by atoms with Crippen molar-refractivity contribution < 1.29 is 14.5 Å². The third kappa shape index (κ3) is 3.97. The normalized spacial score (nSPS) is 11.8. The van der Waals surface area contributed by atoms with Crippen molar-refractivity contribution in [2.45, 2.75) is 20.0 Å². The minimum atomic E-state index is -0.489. The number of hydrogen-bond acceptors (Lipinski definition) is 4. The summed E-state index contributed by atoms with van der Waals surface area (Å²) in [6, 6.07) is 12.2. The predicted molar refractivity (Wildman–Crippen MR) is 91.1 cm³/mol. The Balaban J connectivity index is 2.11. The predicted octanol–water partition coefficient (Wildman–Crippen LogP) is 3.33. The summed E-state index contributed by atoms with van der Waals surface area (Å²) in [5.74, 6) is -0.367. The maximum Gasteiger partial charge on any atom is 0.273 e. The Hall–Kier alpha value is -2.73. The SMILES string of the molecule is COC(CNC(=O)c1ccc(C)c([N+](=O)[O-])c1)c1ccccc1C. The van der Waals surface area contributed by atoms with Gasteiger partial charge in [-0.3, -0.25) is 14.9 Å². The fourth-order valence-corrected chi connectivity index (χ4v) is 2.50. The van der Waals surface area contributed by atoms with Crippen LogP contribution >= 0.6 is 0 Å². The zero-order chi connectivity index (χ0) is 17.7. The van der Waals surface area contributed by atoms with Crippen molar-refractivity contribution in [1.82, 2.24) is 5.32 Å². The third-order valence-corrected chi connectivity index (χ3v) is 3.94. The second kappa shape index (κ2) is 7.70. The first-order valence-corrected chi connectivity index (χ1v) is 7.55. The maximum absolute atomic E-state index is 12.3. The highest BCUT2D eigenvalue weighted by molar-refractivity contribution is 5.95. The summed E-state index contributed by atoms with van der Waals surface area (Å²) in [6.45, 7) is 3.90. The third-order valence-electron chi connectivity index (χ3n) is 3.94. The van der Waals surface area contributed by atoms with E-state index >= 15 is 0 Å². The van der Waals surface area contributed by atoms with Crippen LogP contribution in [0.4, 0.5) is 5.69 Å². The van der Waals surface area contributed by atoms with Crippen LogP contribution in [0.5, 0.6) is 0 Å². The van der Waals surface area contributed by atoms with Crippen molar-refractivity contribution in [3.8, 4) is 0 Å². The zero-order valence-corrected chi connectivity index (χ0v) is 13.9. The van der Waals surface area contributed by atoms with E-state index in [0.29, 0.717) is 5.56 Å². The molecule has 6 heteroatoms. The number of ether oxygens (including phenoxy) is 1. The summed E-state index contributed by atoms with van der Waals surface area (Å²) in [4.78, 5) is 22.8. The standard InChI is InChI=1S/C18H20N2O4/c1-12-6-4-5-7-15(12)17(24-3)11-19-18(21)14-9-8-13(2)16(10-14)20(22)23/h4-10,17H,11H2,1-3H3,(H,19,21). The van der Waals surface area contributed by atoms with E-state index in [1.54, 1.807) is 26.2 Å². The lowest BCUT2D eigenvalue weighted by Crippen LogP contribution is -2.29. The van der Waals surface area contributed by atoms with E-state index in [9.17, 15) is 14.9 Å². The van der Waals surface area contributed by atoms with Gasteiger partial charge in [-0.05, 0) is 31.0 Å². The van der Waals surface area contributed by atoms with Gasteiger partial charge in [-0.2, -0.15) is 0 Å². The van der Waals surface area contributed by atoms with Crippen LogP contribution in [0.25, 0.3) is 0 Å². The summed E-state index contributed by atoms with van der Waals surface area (Å²) < 4.78 is 5.46. The molecule has 0 fully saturated rings. The molecule has 0 radical (unpaired) electrons. The molecule has 0 aliphatic carbocycles. The number of nitrogens with zero attached hydrogens (tertiary/aromatic N) is 1. The van der Waals surface area contributed by atoms with Gasteiger partial charge in [-0.15, -0.1) is 0 Å². The van der Waals surface area contributed by atoms with Crippen LogP contribution in [0, 0.1) is 24.0 Å². The summed E-state index contributed by atoms with van der Waals surface area (Å²) >= 11 is 0. The number of hydrogen-bond donors (Lipinski definition) is 1. The molecule has 24 heavy (non-hydrogen) atoms. The molecule has 1 amide bonds. The first-order valence-electron chi connectivity index (χ1n) is 7.55. The van der Waals surface area contributed by atoms with Crippen LogP contribution in [0.1, 0.15) is 33.2 Å². The summed E-state index contributed by atoms with van der Waals surface area (Å²) in [5, 5.41) is 13.8.